The van der Waals surface area contributed by atoms with Crippen LogP contribution in [0.25, 0.3) is 34.2 Å². The number of hydrogen-bond acceptors (Lipinski definition) is 6. The summed E-state index contributed by atoms with van der Waals surface area (Å²) < 4.78 is 5.62. The molecule has 208 valence electrons. The highest BCUT2D eigenvalue weighted by molar-refractivity contribution is 5.78. The smallest absolute Gasteiger partial charge is 0.308 e. The molecule has 0 saturated carbocycles. The highest BCUT2D eigenvalue weighted by Crippen LogP contribution is 2.32. The summed E-state index contributed by atoms with van der Waals surface area (Å²) in [7, 11) is 0. The highest BCUT2D eigenvalue weighted by Gasteiger charge is 2.19. The van der Waals surface area contributed by atoms with Gasteiger partial charge in [-0.1, -0.05) is 92.4 Å². The molecule has 1 aromatic heterocycles. The van der Waals surface area contributed by atoms with E-state index >= 15 is 0 Å². The lowest BCUT2D eigenvalue weighted by molar-refractivity contribution is -0.148. The average Bonchev–Trinajstić information content (AvgIpc) is 2.94. The summed E-state index contributed by atoms with van der Waals surface area (Å²) in [5.41, 5.74) is 14.2. The minimum absolute atomic E-state index is 0.0246. The van der Waals surface area contributed by atoms with Gasteiger partial charge in [-0.25, -0.2) is 15.0 Å². The quantitative estimate of drug-likeness (QED) is 0.156. The Kier molecular flexibility index (Phi) is 9.65. The van der Waals surface area contributed by atoms with Crippen molar-refractivity contribution in [3.63, 3.8) is 0 Å². The Morgan fingerprint density at radius 3 is 1.88 bits per heavy atom. The topological polar surface area (TPSA) is 91.0 Å². The zero-order valence-corrected chi connectivity index (χ0v) is 24.3. The van der Waals surface area contributed by atoms with E-state index < -0.39 is 0 Å². The lowest BCUT2D eigenvalue weighted by Gasteiger charge is -2.15. The summed E-state index contributed by atoms with van der Waals surface area (Å²) in [5, 5.41) is 0. The Morgan fingerprint density at radius 1 is 0.825 bits per heavy atom. The van der Waals surface area contributed by atoms with Gasteiger partial charge in [0.25, 0.3) is 0 Å². The minimum Gasteiger partial charge on any atom is -0.465 e. The van der Waals surface area contributed by atoms with Crippen LogP contribution in [0.4, 0.5) is 5.69 Å². The second-order valence-corrected chi connectivity index (χ2v) is 10.6. The van der Waals surface area contributed by atoms with Crippen molar-refractivity contribution < 1.29 is 9.53 Å². The van der Waals surface area contributed by atoms with E-state index in [4.69, 9.17) is 25.4 Å². The van der Waals surface area contributed by atoms with E-state index in [1.165, 1.54) is 11.1 Å². The number of nitrogens with zero attached hydrogens (tertiary/aromatic N) is 3. The third-order valence-electron chi connectivity index (χ3n) is 7.27. The molecule has 0 bridgehead atoms. The first-order chi connectivity index (χ1) is 19.3. The Hall–Kier alpha value is -4.06. The molecule has 1 heterocycles. The molecule has 0 aliphatic carbocycles. The van der Waals surface area contributed by atoms with E-state index in [-0.39, 0.29) is 11.9 Å². The van der Waals surface area contributed by atoms with Crippen molar-refractivity contribution in [2.24, 2.45) is 5.92 Å². The normalized spacial score (nSPS) is 11.8. The van der Waals surface area contributed by atoms with Crippen LogP contribution >= 0.6 is 0 Å². The molecule has 3 aromatic carbocycles. The first-order valence-electron chi connectivity index (χ1n) is 14.2. The number of ether oxygens (including phenoxy) is 1. The molecule has 4 aromatic rings. The first-order valence-corrected chi connectivity index (χ1v) is 14.2. The van der Waals surface area contributed by atoms with E-state index in [1.54, 1.807) is 0 Å². The fraction of sp³-hybridized carbons (Fsp3) is 0.353. The van der Waals surface area contributed by atoms with Crippen molar-refractivity contribution in [3.05, 3.63) is 82.9 Å². The van der Waals surface area contributed by atoms with E-state index in [1.807, 2.05) is 44.2 Å². The minimum atomic E-state index is -0.102. The van der Waals surface area contributed by atoms with Gasteiger partial charge < -0.3 is 10.5 Å². The van der Waals surface area contributed by atoms with Gasteiger partial charge in [0.05, 0.1) is 12.5 Å². The van der Waals surface area contributed by atoms with Crippen molar-refractivity contribution in [2.75, 3.05) is 12.3 Å². The summed E-state index contributed by atoms with van der Waals surface area (Å²) in [6.07, 6.45) is 4.41. The Balaban J connectivity index is 1.63. The van der Waals surface area contributed by atoms with Gasteiger partial charge in [-0.05, 0) is 50.8 Å². The molecule has 1 atom stereocenters. The standard InChI is InChI=1S/C34H40N4O2/c1-6-8-9-26(7-2)34(39)40-19-18-25-20-24(5)30(29(35)21-25)33-37-31(27-14-10-22(3)11-15-27)36-32(38-33)28-16-12-23(4)13-17-28/h10-17,20-21,26H,6-9,18-19,35H2,1-5H3. The molecule has 40 heavy (non-hydrogen) atoms. The maximum absolute atomic E-state index is 12.5. The van der Waals surface area contributed by atoms with E-state index in [0.29, 0.717) is 36.2 Å². The highest BCUT2D eigenvalue weighted by atomic mass is 16.5. The van der Waals surface area contributed by atoms with Crippen LogP contribution in [0.1, 0.15) is 61.8 Å². The van der Waals surface area contributed by atoms with Gasteiger partial charge in [0, 0.05) is 28.8 Å². The lowest BCUT2D eigenvalue weighted by atomic mass is 9.99. The number of unbranched alkanes of at least 4 members (excludes halogenated alkanes) is 1. The van der Waals surface area contributed by atoms with Crippen molar-refractivity contribution in [1.82, 2.24) is 15.0 Å². The molecule has 2 N–H and O–H groups in total. The molecule has 1 unspecified atom stereocenters. The van der Waals surface area contributed by atoms with Crippen LogP contribution in [0.5, 0.6) is 0 Å². The molecule has 0 amide bonds. The number of rotatable bonds is 11. The van der Waals surface area contributed by atoms with Crippen LogP contribution in [0.2, 0.25) is 0 Å². The summed E-state index contributed by atoms with van der Waals surface area (Å²) in [5.74, 6) is 1.61. The molecular weight excluding hydrogens is 496 g/mol. The third-order valence-corrected chi connectivity index (χ3v) is 7.27. The second-order valence-electron chi connectivity index (χ2n) is 10.6. The molecule has 4 rings (SSSR count). The van der Waals surface area contributed by atoms with E-state index in [2.05, 4.69) is 51.1 Å². The summed E-state index contributed by atoms with van der Waals surface area (Å²) >= 11 is 0. The monoisotopic (exact) mass is 536 g/mol. The van der Waals surface area contributed by atoms with Crippen molar-refractivity contribution in [3.8, 4) is 34.2 Å². The van der Waals surface area contributed by atoms with Crippen molar-refractivity contribution in [1.29, 1.82) is 0 Å². The van der Waals surface area contributed by atoms with E-state index in [9.17, 15) is 4.79 Å². The number of aromatic nitrogens is 3. The Labute approximate surface area is 238 Å². The molecule has 0 saturated heterocycles. The van der Waals surface area contributed by atoms with Gasteiger partial charge in [-0.15, -0.1) is 0 Å². The summed E-state index contributed by atoms with van der Waals surface area (Å²) in [4.78, 5) is 27.1. The number of aryl methyl sites for hydroxylation is 3. The molecule has 0 radical (unpaired) electrons. The van der Waals surface area contributed by atoms with Gasteiger partial charge in [0.15, 0.2) is 17.5 Å². The van der Waals surface area contributed by atoms with Crippen LogP contribution in [-0.2, 0) is 16.0 Å². The Morgan fingerprint density at radius 2 is 1.38 bits per heavy atom. The van der Waals surface area contributed by atoms with Crippen LogP contribution in [0.3, 0.4) is 0 Å². The zero-order valence-electron chi connectivity index (χ0n) is 24.3. The number of carbonyl (C=O) groups is 1. The fourth-order valence-electron chi connectivity index (χ4n) is 4.82. The summed E-state index contributed by atoms with van der Waals surface area (Å²) in [6.45, 7) is 10.6. The van der Waals surface area contributed by atoms with Gasteiger partial charge in [0.2, 0.25) is 0 Å². The number of carbonyl (C=O) groups excluding carboxylic acids is 1. The predicted octanol–water partition coefficient (Wildman–Crippen LogP) is 7.68. The molecule has 0 spiro atoms. The first kappa shape index (κ1) is 28.9. The van der Waals surface area contributed by atoms with E-state index in [0.717, 1.165) is 53.5 Å². The number of benzene rings is 3. The molecule has 6 heteroatoms. The molecular formula is C34H40N4O2. The van der Waals surface area contributed by atoms with Crippen LogP contribution in [0.15, 0.2) is 60.7 Å². The third kappa shape index (κ3) is 7.12. The molecule has 6 nitrogen and oxygen atoms in total. The summed E-state index contributed by atoms with van der Waals surface area (Å²) in [6, 6.07) is 20.3. The number of nitrogen functional groups attached to an aromatic ring is 1. The predicted molar refractivity (Wildman–Crippen MR) is 163 cm³/mol. The number of anilines is 1. The maximum Gasteiger partial charge on any atom is 0.308 e. The maximum atomic E-state index is 12.5. The van der Waals surface area contributed by atoms with Crippen LogP contribution < -0.4 is 5.73 Å². The average molecular weight is 537 g/mol. The fourth-order valence-corrected chi connectivity index (χ4v) is 4.82. The van der Waals surface area contributed by atoms with Gasteiger partial charge >= 0.3 is 5.97 Å². The SMILES string of the molecule is CCCCC(CC)C(=O)OCCc1cc(C)c(-c2nc(-c3ccc(C)cc3)nc(-c3ccc(C)cc3)n2)c(N)c1. The lowest BCUT2D eigenvalue weighted by Crippen LogP contribution is -2.18. The Bertz CT molecular complexity index is 1360. The number of esters is 1. The van der Waals surface area contributed by atoms with Gasteiger partial charge in [-0.2, -0.15) is 0 Å². The van der Waals surface area contributed by atoms with Gasteiger partial charge in [0.1, 0.15) is 0 Å². The van der Waals surface area contributed by atoms with Crippen LogP contribution in [0, 0.1) is 26.7 Å². The largest absolute Gasteiger partial charge is 0.465 e. The van der Waals surface area contributed by atoms with Crippen LogP contribution in [-0.4, -0.2) is 27.5 Å². The second kappa shape index (κ2) is 13.3. The molecule has 0 fully saturated rings. The zero-order chi connectivity index (χ0) is 28.6. The van der Waals surface area contributed by atoms with Crippen molar-refractivity contribution in [2.45, 2.75) is 66.7 Å². The molecule has 0 aliphatic heterocycles. The number of nitrogens with two attached hydrogens (primary N) is 1. The molecule has 0 aliphatic rings. The number of hydrogen-bond donors (Lipinski definition) is 1. The van der Waals surface area contributed by atoms with Gasteiger partial charge in [-0.3, -0.25) is 4.79 Å². The van der Waals surface area contributed by atoms with Crippen molar-refractivity contribution >= 4 is 11.7 Å².